The van der Waals surface area contributed by atoms with Crippen molar-refractivity contribution in [2.24, 2.45) is 0 Å². The molecule has 1 aliphatic heterocycles. The molecule has 0 aliphatic carbocycles. The average molecular weight is 337 g/mol. The molecule has 2 N–H and O–H groups in total. The van der Waals surface area contributed by atoms with Crippen LogP contribution in [0.2, 0.25) is 0 Å². The van der Waals surface area contributed by atoms with Gasteiger partial charge in [0.25, 0.3) is 0 Å². The van der Waals surface area contributed by atoms with Gasteiger partial charge in [-0.2, -0.15) is 0 Å². The van der Waals surface area contributed by atoms with E-state index in [0.29, 0.717) is 18.7 Å². The second-order valence-corrected chi connectivity index (χ2v) is 6.64. The molecule has 0 radical (unpaired) electrons. The fourth-order valence-corrected chi connectivity index (χ4v) is 3.22. The lowest BCUT2D eigenvalue weighted by Crippen LogP contribution is -2.43. The number of urea groups is 1. The summed E-state index contributed by atoms with van der Waals surface area (Å²) in [5.41, 5.74) is 4.92. The fourth-order valence-electron chi connectivity index (χ4n) is 3.22. The minimum absolute atomic E-state index is 0.0654. The van der Waals surface area contributed by atoms with Gasteiger partial charge in [-0.25, -0.2) is 4.79 Å². The lowest BCUT2D eigenvalue weighted by molar-refractivity contribution is -0.118. The molecule has 1 atom stereocenters. The number of hydrogen-bond acceptors (Lipinski definition) is 2. The van der Waals surface area contributed by atoms with Gasteiger partial charge in [0, 0.05) is 17.9 Å². The molecule has 1 aliphatic rings. The van der Waals surface area contributed by atoms with Crippen LogP contribution in [0.4, 0.5) is 16.2 Å². The van der Waals surface area contributed by atoms with E-state index in [1.807, 2.05) is 57.2 Å². The van der Waals surface area contributed by atoms with Crippen molar-refractivity contribution < 1.29 is 9.59 Å². The molecule has 2 aromatic rings. The van der Waals surface area contributed by atoms with E-state index in [1.54, 1.807) is 4.90 Å². The number of carbonyl (C=O) groups is 2. The van der Waals surface area contributed by atoms with Crippen LogP contribution in [0, 0.1) is 20.8 Å². The molecule has 2 aromatic carbocycles. The van der Waals surface area contributed by atoms with Gasteiger partial charge in [-0.3, -0.25) is 4.79 Å². The maximum Gasteiger partial charge on any atom is 0.319 e. The first kappa shape index (κ1) is 17.0. The highest BCUT2D eigenvalue weighted by Crippen LogP contribution is 2.24. The first-order chi connectivity index (χ1) is 11.9. The smallest absolute Gasteiger partial charge is 0.319 e. The quantitative estimate of drug-likeness (QED) is 0.900. The standard InChI is InChI=1S/C20H23N3O2/c1-13-5-4-6-16(10-13)21-20(25)22-18-7-8-23(19(18)24)17-11-14(2)9-15(3)12-17/h4-6,9-12,18H,7-8H2,1-3H3,(H2,21,22,25)/t18-/m0/s1. The zero-order chi connectivity index (χ0) is 18.0. The van der Waals surface area contributed by atoms with Gasteiger partial charge in [0.2, 0.25) is 5.91 Å². The van der Waals surface area contributed by atoms with Crippen molar-refractivity contribution in [2.75, 3.05) is 16.8 Å². The molecule has 25 heavy (non-hydrogen) atoms. The maximum atomic E-state index is 12.7. The molecule has 1 heterocycles. The van der Waals surface area contributed by atoms with Crippen molar-refractivity contribution in [3.05, 3.63) is 59.2 Å². The van der Waals surface area contributed by atoms with Crippen LogP contribution in [0.5, 0.6) is 0 Å². The minimum atomic E-state index is -0.495. The van der Waals surface area contributed by atoms with E-state index in [4.69, 9.17) is 0 Å². The summed E-state index contributed by atoms with van der Waals surface area (Å²) in [6.45, 7) is 6.60. The molecule has 0 bridgehead atoms. The van der Waals surface area contributed by atoms with Crippen molar-refractivity contribution in [3.8, 4) is 0 Å². The highest BCUT2D eigenvalue weighted by molar-refractivity contribution is 6.02. The van der Waals surface area contributed by atoms with Crippen molar-refractivity contribution in [3.63, 3.8) is 0 Å². The number of benzene rings is 2. The third kappa shape index (κ3) is 3.99. The molecule has 0 unspecified atom stereocenters. The van der Waals surface area contributed by atoms with Crippen LogP contribution in [0.1, 0.15) is 23.1 Å². The summed E-state index contributed by atoms with van der Waals surface area (Å²) in [6, 6.07) is 12.8. The fraction of sp³-hybridized carbons (Fsp3) is 0.300. The van der Waals surface area contributed by atoms with Crippen LogP contribution in [0.25, 0.3) is 0 Å². The Morgan fingerprint density at radius 1 is 1.04 bits per heavy atom. The number of aryl methyl sites for hydroxylation is 3. The third-order valence-corrected chi connectivity index (χ3v) is 4.30. The van der Waals surface area contributed by atoms with E-state index in [0.717, 1.165) is 22.4 Å². The summed E-state index contributed by atoms with van der Waals surface area (Å²) in [7, 11) is 0. The molecule has 1 saturated heterocycles. The lowest BCUT2D eigenvalue weighted by atomic mass is 10.1. The van der Waals surface area contributed by atoms with Crippen molar-refractivity contribution >= 4 is 23.3 Å². The van der Waals surface area contributed by atoms with Gasteiger partial charge in [0.1, 0.15) is 6.04 Å². The molecule has 3 amide bonds. The molecule has 130 valence electrons. The van der Waals surface area contributed by atoms with E-state index in [9.17, 15) is 9.59 Å². The summed E-state index contributed by atoms with van der Waals surface area (Å²) in [5.74, 6) is -0.0654. The molecule has 0 aromatic heterocycles. The van der Waals surface area contributed by atoms with Gasteiger partial charge in [0.15, 0.2) is 0 Å². The average Bonchev–Trinajstić information content (AvgIpc) is 2.87. The molecular formula is C20H23N3O2. The molecule has 5 heteroatoms. The first-order valence-electron chi connectivity index (χ1n) is 8.46. The number of hydrogen-bond donors (Lipinski definition) is 2. The number of anilines is 2. The number of carbonyl (C=O) groups excluding carboxylic acids is 2. The first-order valence-corrected chi connectivity index (χ1v) is 8.46. The second kappa shape index (κ2) is 6.97. The van der Waals surface area contributed by atoms with E-state index in [-0.39, 0.29) is 11.9 Å². The van der Waals surface area contributed by atoms with Gasteiger partial charge in [0.05, 0.1) is 0 Å². The Morgan fingerprint density at radius 3 is 2.44 bits per heavy atom. The molecule has 5 nitrogen and oxygen atoms in total. The van der Waals surface area contributed by atoms with E-state index < -0.39 is 6.04 Å². The zero-order valence-electron chi connectivity index (χ0n) is 14.8. The molecule has 0 saturated carbocycles. The number of rotatable bonds is 3. The predicted molar refractivity (Wildman–Crippen MR) is 100 cm³/mol. The summed E-state index contributed by atoms with van der Waals surface area (Å²) in [5, 5.41) is 5.57. The summed E-state index contributed by atoms with van der Waals surface area (Å²) in [4.78, 5) is 26.6. The van der Waals surface area contributed by atoms with Crippen molar-refractivity contribution in [2.45, 2.75) is 33.2 Å². The Labute approximate surface area is 148 Å². The summed E-state index contributed by atoms with van der Waals surface area (Å²) in [6.07, 6.45) is 0.604. The maximum absolute atomic E-state index is 12.7. The predicted octanol–water partition coefficient (Wildman–Crippen LogP) is 3.54. The van der Waals surface area contributed by atoms with Gasteiger partial charge in [-0.15, -0.1) is 0 Å². The van der Waals surface area contributed by atoms with E-state index >= 15 is 0 Å². The van der Waals surface area contributed by atoms with Crippen molar-refractivity contribution in [1.82, 2.24) is 5.32 Å². The summed E-state index contributed by atoms with van der Waals surface area (Å²) < 4.78 is 0. The van der Waals surface area contributed by atoms with Crippen LogP contribution in [-0.4, -0.2) is 24.5 Å². The number of nitrogens with zero attached hydrogens (tertiary/aromatic N) is 1. The highest BCUT2D eigenvalue weighted by atomic mass is 16.2. The van der Waals surface area contributed by atoms with Gasteiger partial charge in [-0.05, 0) is 68.1 Å². The second-order valence-electron chi connectivity index (χ2n) is 6.64. The van der Waals surface area contributed by atoms with Gasteiger partial charge >= 0.3 is 6.03 Å². The Balaban J connectivity index is 1.64. The molecule has 0 spiro atoms. The van der Waals surface area contributed by atoms with Crippen molar-refractivity contribution in [1.29, 1.82) is 0 Å². The minimum Gasteiger partial charge on any atom is -0.326 e. The number of nitrogens with one attached hydrogen (secondary N) is 2. The Morgan fingerprint density at radius 2 is 1.76 bits per heavy atom. The highest BCUT2D eigenvalue weighted by Gasteiger charge is 2.33. The van der Waals surface area contributed by atoms with E-state index in [2.05, 4.69) is 16.7 Å². The Kier molecular flexibility index (Phi) is 4.74. The molecule has 3 rings (SSSR count). The molecular weight excluding hydrogens is 314 g/mol. The SMILES string of the molecule is Cc1cccc(NC(=O)N[C@H]2CCN(c3cc(C)cc(C)c3)C2=O)c1. The summed E-state index contributed by atoms with van der Waals surface area (Å²) >= 11 is 0. The lowest BCUT2D eigenvalue weighted by Gasteiger charge is -2.18. The topological polar surface area (TPSA) is 61.4 Å². The molecule has 1 fully saturated rings. The third-order valence-electron chi connectivity index (χ3n) is 4.30. The van der Waals surface area contributed by atoms with Crippen LogP contribution in [0.15, 0.2) is 42.5 Å². The Bertz CT molecular complexity index is 796. The van der Waals surface area contributed by atoms with Crippen LogP contribution < -0.4 is 15.5 Å². The van der Waals surface area contributed by atoms with Crippen LogP contribution in [0.3, 0.4) is 0 Å². The largest absolute Gasteiger partial charge is 0.326 e. The van der Waals surface area contributed by atoms with Gasteiger partial charge in [-0.1, -0.05) is 18.2 Å². The van der Waals surface area contributed by atoms with Gasteiger partial charge < -0.3 is 15.5 Å². The van der Waals surface area contributed by atoms with E-state index in [1.165, 1.54) is 0 Å². The Hall–Kier alpha value is -2.82. The normalized spacial score (nSPS) is 16.8. The van der Waals surface area contributed by atoms with Crippen LogP contribution >= 0.6 is 0 Å². The van der Waals surface area contributed by atoms with Crippen LogP contribution in [-0.2, 0) is 4.79 Å². The zero-order valence-corrected chi connectivity index (χ0v) is 14.8. The monoisotopic (exact) mass is 337 g/mol. The number of amides is 3.